The second kappa shape index (κ2) is 10.7. The van der Waals surface area contributed by atoms with E-state index in [1.165, 1.54) is 15.4 Å². The van der Waals surface area contributed by atoms with Crippen molar-refractivity contribution in [2.45, 2.75) is 6.54 Å². The van der Waals surface area contributed by atoms with E-state index in [1.807, 2.05) is 36.4 Å². The van der Waals surface area contributed by atoms with Gasteiger partial charge in [-0.1, -0.05) is 29.8 Å². The van der Waals surface area contributed by atoms with E-state index in [2.05, 4.69) is 32.5 Å². The van der Waals surface area contributed by atoms with Gasteiger partial charge in [0.05, 0.1) is 17.8 Å². The molecule has 154 valence electrons. The number of piperazine rings is 1. The first kappa shape index (κ1) is 21.8. The Kier molecular flexibility index (Phi) is 8.06. The van der Waals surface area contributed by atoms with Crippen LogP contribution in [0.15, 0.2) is 52.0 Å². The van der Waals surface area contributed by atoms with E-state index >= 15 is 0 Å². The maximum Gasteiger partial charge on any atom is 0.295 e. The third-order valence-corrected chi connectivity index (χ3v) is 6.04. The number of nitrogens with one attached hydrogen (secondary N) is 3. The van der Waals surface area contributed by atoms with E-state index in [4.69, 9.17) is 16.3 Å². The zero-order valence-corrected chi connectivity index (χ0v) is 18.7. The first-order valence-corrected chi connectivity index (χ1v) is 10.8. The molecule has 0 radical (unpaired) electrons. The molecule has 2 aromatic carbocycles. The average molecular weight is 482 g/mol. The molecular formula is C21H26BrClN4O2+2. The number of nitrogens with zero attached hydrogens (tertiary/aromatic N) is 1. The number of ether oxygens (including phenoxy) is 1. The molecule has 1 aliphatic heterocycles. The number of rotatable bonds is 7. The van der Waals surface area contributed by atoms with Crippen molar-refractivity contribution in [1.29, 1.82) is 0 Å². The summed E-state index contributed by atoms with van der Waals surface area (Å²) in [5.74, 6) is 0.684. The van der Waals surface area contributed by atoms with Gasteiger partial charge in [-0.3, -0.25) is 4.79 Å². The van der Waals surface area contributed by atoms with Crippen LogP contribution in [0.4, 0.5) is 0 Å². The van der Waals surface area contributed by atoms with Crippen molar-refractivity contribution in [1.82, 2.24) is 5.43 Å². The van der Waals surface area contributed by atoms with Crippen LogP contribution >= 0.6 is 27.5 Å². The van der Waals surface area contributed by atoms with Crippen LogP contribution in [0.1, 0.15) is 11.1 Å². The lowest BCUT2D eigenvalue weighted by Gasteiger charge is -2.29. The summed E-state index contributed by atoms with van der Waals surface area (Å²) < 4.78 is 6.05. The molecule has 6 nitrogen and oxygen atoms in total. The molecule has 0 aliphatic carbocycles. The first-order chi connectivity index (χ1) is 14.0. The highest BCUT2D eigenvalue weighted by atomic mass is 79.9. The predicted octanol–water partition coefficient (Wildman–Crippen LogP) is 0.545. The van der Waals surface area contributed by atoms with E-state index in [-0.39, 0.29) is 5.91 Å². The summed E-state index contributed by atoms with van der Waals surface area (Å²) in [6.07, 6.45) is 1.63. The number of benzene rings is 2. The molecule has 0 bridgehead atoms. The highest BCUT2D eigenvalue weighted by Gasteiger charge is 2.25. The summed E-state index contributed by atoms with van der Waals surface area (Å²) in [5, 5.41) is 4.89. The second-order valence-electron chi connectivity index (χ2n) is 7.13. The molecule has 3 rings (SSSR count). The number of halogens is 2. The van der Waals surface area contributed by atoms with Gasteiger partial charge in [-0.15, -0.1) is 0 Å². The van der Waals surface area contributed by atoms with Gasteiger partial charge in [0.2, 0.25) is 0 Å². The Labute approximate surface area is 184 Å². The van der Waals surface area contributed by atoms with E-state index in [9.17, 15) is 4.79 Å². The molecular weight excluding hydrogens is 456 g/mol. The van der Waals surface area contributed by atoms with Crippen LogP contribution < -0.4 is 20.0 Å². The molecule has 1 amide bonds. The van der Waals surface area contributed by atoms with Gasteiger partial charge in [0.25, 0.3) is 5.91 Å². The van der Waals surface area contributed by atoms with Gasteiger partial charge in [-0.05, 0) is 45.8 Å². The number of methoxy groups -OCH3 is 1. The fraction of sp³-hybridized carbons (Fsp3) is 0.333. The lowest BCUT2D eigenvalue weighted by atomic mass is 10.2. The predicted molar refractivity (Wildman–Crippen MR) is 118 cm³/mol. The molecule has 1 aliphatic rings. The molecule has 0 saturated carbocycles. The van der Waals surface area contributed by atoms with E-state index < -0.39 is 0 Å². The van der Waals surface area contributed by atoms with Gasteiger partial charge in [0.15, 0.2) is 6.54 Å². The molecule has 2 aromatic rings. The highest BCUT2D eigenvalue weighted by Crippen LogP contribution is 2.24. The molecule has 0 unspecified atom stereocenters. The van der Waals surface area contributed by atoms with E-state index in [1.54, 1.807) is 13.3 Å². The molecule has 1 saturated heterocycles. The van der Waals surface area contributed by atoms with Crippen molar-refractivity contribution >= 4 is 39.7 Å². The van der Waals surface area contributed by atoms with Crippen LogP contribution in [0.25, 0.3) is 0 Å². The lowest BCUT2D eigenvalue weighted by molar-refractivity contribution is -1.02. The smallest absolute Gasteiger partial charge is 0.295 e. The Morgan fingerprint density at radius 2 is 1.93 bits per heavy atom. The topological polar surface area (TPSA) is 59.6 Å². The van der Waals surface area contributed by atoms with Crippen molar-refractivity contribution in [3.8, 4) is 5.75 Å². The minimum Gasteiger partial charge on any atom is -0.496 e. The minimum absolute atomic E-state index is 0.0709. The van der Waals surface area contributed by atoms with E-state index in [0.717, 1.165) is 53.5 Å². The fourth-order valence-corrected chi connectivity index (χ4v) is 4.19. The third kappa shape index (κ3) is 6.54. The summed E-state index contributed by atoms with van der Waals surface area (Å²) in [5.41, 5.74) is 4.69. The highest BCUT2D eigenvalue weighted by molar-refractivity contribution is 9.10. The molecule has 8 heteroatoms. The number of amides is 1. The maximum atomic E-state index is 12.2. The summed E-state index contributed by atoms with van der Waals surface area (Å²) >= 11 is 9.70. The number of hydrogen-bond donors (Lipinski definition) is 3. The van der Waals surface area contributed by atoms with Crippen molar-refractivity contribution in [3.05, 3.63) is 63.1 Å². The monoisotopic (exact) mass is 480 g/mol. The van der Waals surface area contributed by atoms with Gasteiger partial charge in [-0.25, -0.2) is 5.43 Å². The van der Waals surface area contributed by atoms with Crippen LogP contribution in [0.2, 0.25) is 5.02 Å². The van der Waals surface area contributed by atoms with Gasteiger partial charge < -0.3 is 14.5 Å². The summed E-state index contributed by atoms with van der Waals surface area (Å²) in [6, 6.07) is 13.6. The quantitative estimate of drug-likeness (QED) is 0.399. The molecule has 1 heterocycles. The number of hydrogen-bond acceptors (Lipinski definition) is 3. The molecule has 29 heavy (non-hydrogen) atoms. The second-order valence-corrected chi connectivity index (χ2v) is 8.39. The van der Waals surface area contributed by atoms with Crippen LogP contribution in [-0.2, 0) is 11.3 Å². The van der Waals surface area contributed by atoms with Crippen LogP contribution in [0.5, 0.6) is 5.75 Å². The van der Waals surface area contributed by atoms with E-state index in [0.29, 0.717) is 6.54 Å². The number of hydrazone groups is 1. The Balaban J connectivity index is 1.40. The Morgan fingerprint density at radius 3 is 2.62 bits per heavy atom. The zero-order valence-electron chi connectivity index (χ0n) is 16.4. The van der Waals surface area contributed by atoms with Crippen molar-refractivity contribution in [3.63, 3.8) is 0 Å². The zero-order chi connectivity index (χ0) is 20.6. The molecule has 1 fully saturated rings. The molecule has 0 aromatic heterocycles. The fourth-order valence-electron chi connectivity index (χ4n) is 3.43. The van der Waals surface area contributed by atoms with Crippen molar-refractivity contribution in [2.24, 2.45) is 5.10 Å². The van der Waals surface area contributed by atoms with Crippen molar-refractivity contribution < 1.29 is 19.3 Å². The van der Waals surface area contributed by atoms with Gasteiger partial charge in [0.1, 0.15) is 38.5 Å². The van der Waals surface area contributed by atoms with Crippen molar-refractivity contribution in [2.75, 3.05) is 39.8 Å². The average Bonchev–Trinajstić information content (AvgIpc) is 2.71. The minimum atomic E-state index is -0.0709. The molecule has 0 atom stereocenters. The van der Waals surface area contributed by atoms with Crippen LogP contribution in [0, 0.1) is 0 Å². The van der Waals surface area contributed by atoms with Gasteiger partial charge in [0, 0.05) is 10.6 Å². The molecule has 3 N–H and O–H groups in total. The normalized spacial score (nSPS) is 19.3. The lowest BCUT2D eigenvalue weighted by Crippen LogP contribution is -3.28. The Bertz CT molecular complexity index is 870. The summed E-state index contributed by atoms with van der Waals surface area (Å²) in [6.45, 7) is 5.34. The van der Waals surface area contributed by atoms with Crippen LogP contribution in [-0.4, -0.2) is 52.0 Å². The van der Waals surface area contributed by atoms with Gasteiger partial charge in [-0.2, -0.15) is 5.10 Å². The Morgan fingerprint density at radius 1 is 1.21 bits per heavy atom. The largest absolute Gasteiger partial charge is 0.496 e. The SMILES string of the molecule is COc1ccc(C=NNC(=O)C[NH+]2CC[NH+](Cc3ccccc3Cl)CC2)cc1Br. The first-order valence-electron chi connectivity index (χ1n) is 9.61. The Hall–Kier alpha value is -1.93. The van der Waals surface area contributed by atoms with Crippen LogP contribution in [0.3, 0.4) is 0 Å². The number of carbonyl (C=O) groups excluding carboxylic acids is 1. The number of carbonyl (C=O) groups is 1. The van der Waals surface area contributed by atoms with Gasteiger partial charge >= 0.3 is 0 Å². The number of quaternary nitrogens is 2. The standard InChI is InChI=1S/C21H24BrClN4O2/c1-29-20-7-6-16(12-18(20)22)13-24-25-21(28)15-27-10-8-26(9-11-27)14-17-4-2-3-5-19(17)23/h2-7,12-13H,8-11,14-15H2,1H3,(H,25,28)/p+2. The summed E-state index contributed by atoms with van der Waals surface area (Å²) in [4.78, 5) is 15.0. The summed E-state index contributed by atoms with van der Waals surface area (Å²) in [7, 11) is 1.62. The maximum absolute atomic E-state index is 12.2. The third-order valence-electron chi connectivity index (χ3n) is 5.05. The molecule has 0 spiro atoms.